The van der Waals surface area contributed by atoms with Crippen LogP contribution in [0.2, 0.25) is 5.02 Å². The highest BCUT2D eigenvalue weighted by molar-refractivity contribution is 7.92. The lowest BCUT2D eigenvalue weighted by Gasteiger charge is -2.08. The van der Waals surface area contributed by atoms with Gasteiger partial charge in [-0.15, -0.1) is 0 Å². The van der Waals surface area contributed by atoms with E-state index in [2.05, 4.69) is 4.72 Å². The van der Waals surface area contributed by atoms with E-state index in [1.807, 2.05) is 6.07 Å². The molecule has 21 heavy (non-hydrogen) atoms. The van der Waals surface area contributed by atoms with Crippen molar-refractivity contribution in [3.63, 3.8) is 0 Å². The molecular formula is C15H12ClNO3S. The summed E-state index contributed by atoms with van der Waals surface area (Å²) in [7, 11) is -3.79. The smallest absolute Gasteiger partial charge is 0.295 e. The molecule has 1 N–H and O–H groups in total. The van der Waals surface area contributed by atoms with Crippen molar-refractivity contribution in [3.8, 4) is 0 Å². The summed E-state index contributed by atoms with van der Waals surface area (Å²) in [6.07, 6.45) is 0. The van der Waals surface area contributed by atoms with Gasteiger partial charge in [0.05, 0.1) is 5.69 Å². The largest absolute Gasteiger partial charge is 0.443 e. The van der Waals surface area contributed by atoms with Crippen LogP contribution in [-0.4, -0.2) is 8.42 Å². The fraction of sp³-hybridized carbons (Fsp3) is 0.0667. The Labute approximate surface area is 127 Å². The summed E-state index contributed by atoms with van der Waals surface area (Å²) >= 11 is 5.90. The second-order valence-electron chi connectivity index (χ2n) is 4.67. The molecule has 0 saturated carbocycles. The highest BCUT2D eigenvalue weighted by Gasteiger charge is 2.20. The topological polar surface area (TPSA) is 59.3 Å². The van der Waals surface area contributed by atoms with Gasteiger partial charge in [-0.3, -0.25) is 4.72 Å². The molecule has 1 aromatic heterocycles. The first-order valence-corrected chi connectivity index (χ1v) is 8.09. The summed E-state index contributed by atoms with van der Waals surface area (Å²) in [6, 6.07) is 13.6. The Morgan fingerprint density at radius 2 is 1.86 bits per heavy atom. The summed E-state index contributed by atoms with van der Waals surface area (Å²) in [4.78, 5) is 0. The first-order valence-electron chi connectivity index (χ1n) is 6.23. The zero-order valence-corrected chi connectivity index (χ0v) is 12.7. The third-order valence-electron chi connectivity index (χ3n) is 3.11. The minimum absolute atomic E-state index is 0.122. The Morgan fingerprint density at radius 3 is 2.62 bits per heavy atom. The number of benzene rings is 2. The van der Waals surface area contributed by atoms with Crippen molar-refractivity contribution in [2.24, 2.45) is 0 Å². The summed E-state index contributed by atoms with van der Waals surface area (Å²) in [5.74, 6) is 0. The Balaban J connectivity index is 2.02. The standard InChI is InChI=1S/C15H12ClNO3S/c1-10-6-7-12(16)9-13(10)17-21(18,19)15-8-11-4-2-3-5-14(11)20-15/h2-9,17H,1H3. The van der Waals surface area contributed by atoms with E-state index in [1.165, 1.54) is 6.07 Å². The lowest BCUT2D eigenvalue weighted by molar-refractivity contribution is 0.484. The molecule has 2 aromatic carbocycles. The van der Waals surface area contributed by atoms with Crippen LogP contribution in [0.3, 0.4) is 0 Å². The highest BCUT2D eigenvalue weighted by Crippen LogP contribution is 2.26. The average molecular weight is 322 g/mol. The minimum Gasteiger partial charge on any atom is -0.443 e. The third-order valence-corrected chi connectivity index (χ3v) is 4.57. The van der Waals surface area contributed by atoms with Gasteiger partial charge in [0.1, 0.15) is 5.58 Å². The van der Waals surface area contributed by atoms with Gasteiger partial charge in [0, 0.05) is 16.5 Å². The van der Waals surface area contributed by atoms with E-state index in [9.17, 15) is 8.42 Å². The van der Waals surface area contributed by atoms with Crippen molar-refractivity contribution in [2.75, 3.05) is 4.72 Å². The molecule has 0 atom stereocenters. The highest BCUT2D eigenvalue weighted by atomic mass is 35.5. The monoisotopic (exact) mass is 321 g/mol. The molecule has 0 unspecified atom stereocenters. The maximum atomic E-state index is 12.4. The van der Waals surface area contributed by atoms with Gasteiger partial charge in [-0.05, 0) is 30.7 Å². The number of halogens is 1. The molecule has 0 saturated heterocycles. The van der Waals surface area contributed by atoms with Crippen LogP contribution in [-0.2, 0) is 10.0 Å². The van der Waals surface area contributed by atoms with Gasteiger partial charge in [0.15, 0.2) is 0 Å². The van der Waals surface area contributed by atoms with Crippen LogP contribution < -0.4 is 4.72 Å². The van der Waals surface area contributed by atoms with Crippen molar-refractivity contribution in [1.29, 1.82) is 0 Å². The zero-order valence-electron chi connectivity index (χ0n) is 11.1. The molecule has 4 nitrogen and oxygen atoms in total. The van der Waals surface area contributed by atoms with Crippen molar-refractivity contribution in [1.82, 2.24) is 0 Å². The minimum atomic E-state index is -3.79. The Hall–Kier alpha value is -1.98. The van der Waals surface area contributed by atoms with Crippen LogP contribution in [0.5, 0.6) is 0 Å². The van der Waals surface area contributed by atoms with Gasteiger partial charge >= 0.3 is 0 Å². The maximum Gasteiger partial charge on any atom is 0.295 e. The lowest BCUT2D eigenvalue weighted by atomic mass is 10.2. The predicted octanol–water partition coefficient (Wildman–Crippen LogP) is 4.20. The van der Waals surface area contributed by atoms with Gasteiger partial charge in [0.2, 0.25) is 5.09 Å². The molecule has 6 heteroatoms. The number of hydrogen-bond acceptors (Lipinski definition) is 3. The molecule has 1 heterocycles. The first-order chi connectivity index (χ1) is 9.95. The van der Waals surface area contributed by atoms with Crippen molar-refractivity contribution >= 4 is 38.3 Å². The fourth-order valence-corrected chi connectivity index (χ4v) is 3.25. The molecule has 0 fully saturated rings. The van der Waals surface area contributed by atoms with Crippen LogP contribution in [0.1, 0.15) is 5.56 Å². The predicted molar refractivity (Wildman–Crippen MR) is 83.2 cm³/mol. The van der Waals surface area contributed by atoms with E-state index in [0.717, 1.165) is 10.9 Å². The fourth-order valence-electron chi connectivity index (χ4n) is 1.99. The number of nitrogens with one attached hydrogen (secondary N) is 1. The summed E-state index contributed by atoms with van der Waals surface area (Å²) in [5, 5.41) is 1.08. The van der Waals surface area contributed by atoms with Crippen LogP contribution in [0, 0.1) is 6.92 Å². The number of anilines is 1. The molecule has 0 bridgehead atoms. The molecule has 0 aliphatic carbocycles. The molecule has 108 valence electrons. The molecule has 0 aliphatic rings. The van der Waals surface area contributed by atoms with Crippen molar-refractivity contribution in [2.45, 2.75) is 12.0 Å². The summed E-state index contributed by atoms with van der Waals surface area (Å²) < 4.78 is 32.7. The van der Waals surface area contributed by atoms with E-state index in [4.69, 9.17) is 16.0 Å². The van der Waals surface area contributed by atoms with Crippen LogP contribution in [0.15, 0.2) is 58.0 Å². The zero-order chi connectivity index (χ0) is 15.0. The molecule has 0 spiro atoms. The first kappa shape index (κ1) is 14.0. The van der Waals surface area contributed by atoms with E-state index in [0.29, 0.717) is 16.3 Å². The number of hydrogen-bond donors (Lipinski definition) is 1. The SMILES string of the molecule is Cc1ccc(Cl)cc1NS(=O)(=O)c1cc2ccccc2o1. The number of para-hydroxylation sites is 1. The van der Waals surface area contributed by atoms with Crippen LogP contribution in [0.25, 0.3) is 11.0 Å². The lowest BCUT2D eigenvalue weighted by Crippen LogP contribution is -2.12. The maximum absolute atomic E-state index is 12.4. The molecule has 0 amide bonds. The Kier molecular flexibility index (Phi) is 3.39. The van der Waals surface area contributed by atoms with Gasteiger partial charge in [-0.25, -0.2) is 0 Å². The van der Waals surface area contributed by atoms with Gasteiger partial charge in [0.25, 0.3) is 10.0 Å². The van der Waals surface area contributed by atoms with Gasteiger partial charge < -0.3 is 4.42 Å². The average Bonchev–Trinajstić information content (AvgIpc) is 2.87. The molecule has 0 radical (unpaired) electrons. The van der Waals surface area contributed by atoms with Gasteiger partial charge in [-0.2, -0.15) is 8.42 Å². The molecule has 3 aromatic rings. The number of rotatable bonds is 3. The number of furan rings is 1. The normalized spacial score (nSPS) is 11.7. The third kappa shape index (κ3) is 2.75. The van der Waals surface area contributed by atoms with Crippen LogP contribution >= 0.6 is 11.6 Å². The van der Waals surface area contributed by atoms with E-state index >= 15 is 0 Å². The molecular weight excluding hydrogens is 310 g/mol. The number of aryl methyl sites for hydroxylation is 1. The number of sulfonamides is 1. The molecule has 0 aliphatic heterocycles. The van der Waals surface area contributed by atoms with E-state index in [-0.39, 0.29) is 5.09 Å². The Bertz CT molecular complexity index is 883. The molecule has 3 rings (SSSR count). The second kappa shape index (κ2) is 5.09. The Morgan fingerprint density at radius 1 is 1.10 bits per heavy atom. The summed E-state index contributed by atoms with van der Waals surface area (Å²) in [5.41, 5.74) is 1.74. The van der Waals surface area contributed by atoms with Crippen LogP contribution in [0.4, 0.5) is 5.69 Å². The van der Waals surface area contributed by atoms with Crippen molar-refractivity contribution in [3.05, 3.63) is 59.1 Å². The number of fused-ring (bicyclic) bond motifs is 1. The van der Waals surface area contributed by atoms with E-state index < -0.39 is 10.0 Å². The van der Waals surface area contributed by atoms with Crippen molar-refractivity contribution < 1.29 is 12.8 Å². The second-order valence-corrected chi connectivity index (χ2v) is 6.72. The quantitative estimate of drug-likeness (QED) is 0.786. The summed E-state index contributed by atoms with van der Waals surface area (Å²) in [6.45, 7) is 1.80. The van der Waals surface area contributed by atoms with Gasteiger partial charge in [-0.1, -0.05) is 35.9 Å². The van der Waals surface area contributed by atoms with E-state index in [1.54, 1.807) is 43.3 Å².